The summed E-state index contributed by atoms with van der Waals surface area (Å²) in [6.07, 6.45) is 4.14. The molecule has 0 saturated heterocycles. The first-order valence-electron chi connectivity index (χ1n) is 6.52. The fraction of sp³-hybridized carbons (Fsp3) is 0.333. The van der Waals surface area contributed by atoms with E-state index in [-0.39, 0.29) is 12.6 Å². The number of rotatable bonds is 2. The minimum Gasteiger partial charge on any atom is -0.394 e. The summed E-state index contributed by atoms with van der Waals surface area (Å²) in [6.45, 7) is 3.15. The van der Waals surface area contributed by atoms with Crippen molar-refractivity contribution in [2.45, 2.75) is 13.0 Å². The van der Waals surface area contributed by atoms with E-state index < -0.39 is 0 Å². The fourth-order valence-electron chi connectivity index (χ4n) is 2.72. The van der Waals surface area contributed by atoms with Crippen molar-refractivity contribution in [2.75, 3.05) is 13.2 Å². The zero-order valence-electron chi connectivity index (χ0n) is 10.8. The number of fused-ring (bicyclic) bond motifs is 1. The van der Waals surface area contributed by atoms with E-state index in [4.69, 9.17) is 11.6 Å². The second kappa shape index (κ2) is 5.00. The predicted molar refractivity (Wildman–Crippen MR) is 79.3 cm³/mol. The lowest BCUT2D eigenvalue weighted by Gasteiger charge is -2.28. The normalized spacial score (nSPS) is 23.6. The van der Waals surface area contributed by atoms with E-state index >= 15 is 0 Å². The van der Waals surface area contributed by atoms with Gasteiger partial charge in [0.1, 0.15) is 0 Å². The highest BCUT2D eigenvalue weighted by atomic mass is 35.5. The Morgan fingerprint density at radius 3 is 3.05 bits per heavy atom. The lowest BCUT2D eigenvalue weighted by molar-refractivity contribution is 0.262. The molecule has 19 heavy (non-hydrogen) atoms. The Kier molecular flexibility index (Phi) is 3.35. The van der Waals surface area contributed by atoms with Gasteiger partial charge in [-0.1, -0.05) is 24.6 Å². The van der Waals surface area contributed by atoms with Crippen molar-refractivity contribution in [2.24, 2.45) is 5.92 Å². The van der Waals surface area contributed by atoms with Gasteiger partial charge in [-0.05, 0) is 29.7 Å². The molecule has 0 saturated carbocycles. The van der Waals surface area contributed by atoms with E-state index in [1.165, 1.54) is 0 Å². The smallest absolute Gasteiger partial charge is 0.0626 e. The number of aromatic amines is 1. The van der Waals surface area contributed by atoms with Crippen LogP contribution in [0.15, 0.2) is 30.5 Å². The number of hydrogen-bond donors (Lipinski definition) is 3. The maximum atomic E-state index is 9.55. The number of aromatic nitrogens is 1. The van der Waals surface area contributed by atoms with Crippen molar-refractivity contribution in [3.05, 3.63) is 41.1 Å². The molecule has 0 spiro atoms. The van der Waals surface area contributed by atoms with E-state index in [1.807, 2.05) is 24.4 Å². The van der Waals surface area contributed by atoms with Crippen LogP contribution in [0.25, 0.3) is 16.5 Å². The highest BCUT2D eigenvalue weighted by molar-refractivity contribution is 6.31. The van der Waals surface area contributed by atoms with Crippen molar-refractivity contribution in [3.63, 3.8) is 0 Å². The van der Waals surface area contributed by atoms with Crippen LogP contribution in [0.4, 0.5) is 0 Å². The second-order valence-electron chi connectivity index (χ2n) is 5.14. The molecule has 1 aliphatic rings. The van der Waals surface area contributed by atoms with E-state index in [2.05, 4.69) is 23.3 Å². The van der Waals surface area contributed by atoms with Crippen LogP contribution in [-0.2, 0) is 0 Å². The van der Waals surface area contributed by atoms with Crippen LogP contribution in [-0.4, -0.2) is 29.3 Å². The van der Waals surface area contributed by atoms with Crippen LogP contribution in [0, 0.1) is 5.92 Å². The van der Waals surface area contributed by atoms with Gasteiger partial charge in [-0.15, -0.1) is 0 Å². The van der Waals surface area contributed by atoms with Crippen LogP contribution < -0.4 is 5.32 Å². The zero-order valence-corrected chi connectivity index (χ0v) is 11.5. The maximum absolute atomic E-state index is 9.55. The maximum Gasteiger partial charge on any atom is 0.0626 e. The molecule has 0 aliphatic carbocycles. The van der Waals surface area contributed by atoms with Crippen LogP contribution in [0.1, 0.15) is 12.5 Å². The van der Waals surface area contributed by atoms with Gasteiger partial charge >= 0.3 is 0 Å². The monoisotopic (exact) mass is 276 g/mol. The van der Waals surface area contributed by atoms with Gasteiger partial charge in [0.2, 0.25) is 0 Å². The van der Waals surface area contributed by atoms with Gasteiger partial charge in [0.25, 0.3) is 0 Å². The first-order valence-corrected chi connectivity index (χ1v) is 6.90. The summed E-state index contributed by atoms with van der Waals surface area (Å²) in [5.74, 6) is 0.446. The summed E-state index contributed by atoms with van der Waals surface area (Å²) >= 11 is 6.20. The zero-order chi connectivity index (χ0) is 13.4. The van der Waals surface area contributed by atoms with Gasteiger partial charge in [-0.25, -0.2) is 0 Å². The summed E-state index contributed by atoms with van der Waals surface area (Å²) < 4.78 is 0. The summed E-state index contributed by atoms with van der Waals surface area (Å²) in [6, 6.07) is 5.90. The molecule has 2 aromatic rings. The van der Waals surface area contributed by atoms with Crippen molar-refractivity contribution >= 4 is 28.1 Å². The largest absolute Gasteiger partial charge is 0.394 e. The molecule has 3 rings (SSSR count). The van der Waals surface area contributed by atoms with Gasteiger partial charge in [0, 0.05) is 28.7 Å². The molecule has 3 N–H and O–H groups in total. The van der Waals surface area contributed by atoms with Crippen molar-refractivity contribution in [3.8, 4) is 0 Å². The number of aliphatic hydroxyl groups excluding tert-OH is 1. The van der Waals surface area contributed by atoms with Crippen LogP contribution in [0.5, 0.6) is 0 Å². The van der Waals surface area contributed by atoms with E-state index in [1.54, 1.807) is 0 Å². The topological polar surface area (TPSA) is 48.0 Å². The van der Waals surface area contributed by atoms with E-state index in [9.17, 15) is 5.11 Å². The van der Waals surface area contributed by atoms with Crippen LogP contribution >= 0.6 is 11.6 Å². The Hall–Kier alpha value is -1.29. The first-order chi connectivity index (χ1) is 9.19. The molecule has 4 heteroatoms. The molecule has 0 fully saturated rings. The minimum atomic E-state index is -0.0267. The lowest BCUT2D eigenvalue weighted by Crippen LogP contribution is -2.39. The molecule has 2 heterocycles. The Morgan fingerprint density at radius 2 is 2.26 bits per heavy atom. The van der Waals surface area contributed by atoms with Gasteiger partial charge in [-0.3, -0.25) is 0 Å². The SMILES string of the molecule is CC1C=C(c2cc(Cl)cc3cc[nH]c23)C(CO)NC1. The minimum absolute atomic E-state index is 0.0267. The van der Waals surface area contributed by atoms with Crippen molar-refractivity contribution in [1.29, 1.82) is 0 Å². The average Bonchev–Trinajstić information content (AvgIpc) is 2.85. The van der Waals surface area contributed by atoms with Gasteiger partial charge in [0.15, 0.2) is 0 Å². The lowest BCUT2D eigenvalue weighted by atomic mass is 9.90. The predicted octanol–water partition coefficient (Wildman–Crippen LogP) is 2.80. The molecule has 0 amide bonds. The Balaban J connectivity index is 2.19. The van der Waals surface area contributed by atoms with E-state index in [0.29, 0.717) is 5.92 Å². The molecule has 1 aromatic heterocycles. The van der Waals surface area contributed by atoms with Gasteiger partial charge < -0.3 is 15.4 Å². The first kappa shape index (κ1) is 12.7. The van der Waals surface area contributed by atoms with Gasteiger partial charge in [0.05, 0.1) is 18.2 Å². The molecule has 0 bridgehead atoms. The molecular weight excluding hydrogens is 260 g/mol. The fourth-order valence-corrected chi connectivity index (χ4v) is 2.95. The molecule has 2 atom stereocenters. The number of benzene rings is 1. The number of H-pyrrole nitrogens is 1. The standard InChI is InChI=1S/C15H17ClN2O/c1-9-4-12(14(8-19)18-7-9)13-6-11(16)5-10-2-3-17-15(10)13/h2-6,9,14,17-19H,7-8H2,1H3. The molecule has 100 valence electrons. The molecule has 2 unspecified atom stereocenters. The highest BCUT2D eigenvalue weighted by Gasteiger charge is 2.22. The highest BCUT2D eigenvalue weighted by Crippen LogP contribution is 2.32. The Bertz CT molecular complexity index is 632. The molecule has 0 radical (unpaired) electrons. The van der Waals surface area contributed by atoms with Crippen LogP contribution in [0.2, 0.25) is 5.02 Å². The number of hydrogen-bond acceptors (Lipinski definition) is 2. The number of halogens is 1. The van der Waals surface area contributed by atoms with Crippen molar-refractivity contribution in [1.82, 2.24) is 10.3 Å². The molecule has 1 aliphatic heterocycles. The third kappa shape index (κ3) is 2.29. The summed E-state index contributed by atoms with van der Waals surface area (Å²) in [5, 5.41) is 14.7. The van der Waals surface area contributed by atoms with Crippen molar-refractivity contribution < 1.29 is 5.11 Å². The Labute approximate surface area is 117 Å². The second-order valence-corrected chi connectivity index (χ2v) is 5.57. The summed E-state index contributed by atoms with van der Waals surface area (Å²) in [4.78, 5) is 3.26. The average molecular weight is 277 g/mol. The third-order valence-electron chi connectivity index (χ3n) is 3.64. The van der Waals surface area contributed by atoms with Crippen LogP contribution in [0.3, 0.4) is 0 Å². The van der Waals surface area contributed by atoms with E-state index in [0.717, 1.165) is 33.6 Å². The molecule has 1 aromatic carbocycles. The number of nitrogens with one attached hydrogen (secondary N) is 2. The third-order valence-corrected chi connectivity index (χ3v) is 3.86. The molecule has 3 nitrogen and oxygen atoms in total. The number of aliphatic hydroxyl groups is 1. The quantitative estimate of drug-likeness (QED) is 0.790. The van der Waals surface area contributed by atoms with Gasteiger partial charge in [-0.2, -0.15) is 0 Å². The summed E-state index contributed by atoms with van der Waals surface area (Å²) in [5.41, 5.74) is 3.27. The summed E-state index contributed by atoms with van der Waals surface area (Å²) in [7, 11) is 0. The molecular formula is C15H17ClN2O. The Morgan fingerprint density at radius 1 is 1.42 bits per heavy atom.